The summed E-state index contributed by atoms with van der Waals surface area (Å²) >= 11 is 0. The van der Waals surface area contributed by atoms with Crippen molar-refractivity contribution < 1.29 is 23.5 Å². The van der Waals surface area contributed by atoms with Crippen LogP contribution in [0.4, 0.5) is 4.39 Å². The molecule has 1 aromatic rings. The smallest absolute Gasteiger partial charge is 0.324 e. The minimum atomic E-state index is -1.34. The first-order valence-electron chi connectivity index (χ1n) is 5.35. The van der Waals surface area contributed by atoms with Crippen LogP contribution in [0.5, 0.6) is 0 Å². The lowest BCUT2D eigenvalue weighted by Crippen LogP contribution is -2.29. The van der Waals surface area contributed by atoms with Crippen molar-refractivity contribution in [3.8, 4) is 6.07 Å². The van der Waals surface area contributed by atoms with Crippen LogP contribution in [-0.4, -0.2) is 26.2 Å². The Bertz CT molecular complexity index is 506. The molecule has 5 nitrogen and oxygen atoms in total. The molecule has 0 amide bonds. The summed E-state index contributed by atoms with van der Waals surface area (Å²) in [6.45, 7) is 0. The summed E-state index contributed by atoms with van der Waals surface area (Å²) in [4.78, 5) is 23.3. The SMILES string of the molecule is COC(=O)C(C#N)C(C(=O)OC)c1ccc(F)cc1. The molecule has 100 valence electrons. The highest BCUT2D eigenvalue weighted by Gasteiger charge is 2.37. The number of methoxy groups -OCH3 is 2. The van der Waals surface area contributed by atoms with Crippen LogP contribution in [0.2, 0.25) is 0 Å². The van der Waals surface area contributed by atoms with Gasteiger partial charge < -0.3 is 9.47 Å². The number of carbonyl (C=O) groups excluding carboxylic acids is 2. The van der Waals surface area contributed by atoms with E-state index in [4.69, 9.17) is 5.26 Å². The van der Waals surface area contributed by atoms with Crippen molar-refractivity contribution >= 4 is 11.9 Å². The standard InChI is InChI=1S/C13H12FNO4/c1-18-12(16)10(7-15)11(13(17)19-2)8-3-5-9(14)6-4-8/h3-6,10-11H,1-2H3. The zero-order chi connectivity index (χ0) is 14.4. The van der Waals surface area contributed by atoms with E-state index in [0.29, 0.717) is 5.56 Å². The van der Waals surface area contributed by atoms with E-state index in [-0.39, 0.29) is 0 Å². The fourth-order valence-corrected chi connectivity index (χ4v) is 1.65. The molecule has 6 heteroatoms. The normalized spacial score (nSPS) is 12.9. The first-order chi connectivity index (χ1) is 9.04. The molecule has 0 aliphatic heterocycles. The molecule has 19 heavy (non-hydrogen) atoms. The van der Waals surface area contributed by atoms with E-state index < -0.39 is 29.6 Å². The Hall–Kier alpha value is -2.42. The Kier molecular flexibility index (Phi) is 5.01. The topological polar surface area (TPSA) is 76.4 Å². The van der Waals surface area contributed by atoms with Crippen molar-refractivity contribution in [3.63, 3.8) is 0 Å². The van der Waals surface area contributed by atoms with Crippen LogP contribution in [0.15, 0.2) is 24.3 Å². The summed E-state index contributed by atoms with van der Waals surface area (Å²) in [5.41, 5.74) is 0.310. The van der Waals surface area contributed by atoms with E-state index in [2.05, 4.69) is 9.47 Å². The second-order valence-electron chi connectivity index (χ2n) is 3.68. The number of rotatable bonds is 4. The van der Waals surface area contributed by atoms with Gasteiger partial charge in [0.25, 0.3) is 0 Å². The van der Waals surface area contributed by atoms with Crippen molar-refractivity contribution in [2.75, 3.05) is 14.2 Å². The molecule has 1 aromatic carbocycles. The van der Waals surface area contributed by atoms with Crippen LogP contribution in [0.3, 0.4) is 0 Å². The van der Waals surface area contributed by atoms with Gasteiger partial charge in [-0.05, 0) is 17.7 Å². The Morgan fingerprint density at radius 1 is 1.16 bits per heavy atom. The molecule has 0 spiro atoms. The fourth-order valence-electron chi connectivity index (χ4n) is 1.65. The zero-order valence-electron chi connectivity index (χ0n) is 10.4. The van der Waals surface area contributed by atoms with Gasteiger partial charge in [-0.1, -0.05) is 12.1 Å². The van der Waals surface area contributed by atoms with Crippen LogP contribution in [0, 0.1) is 23.1 Å². The van der Waals surface area contributed by atoms with E-state index in [1.165, 1.54) is 12.1 Å². The third-order valence-corrected chi connectivity index (χ3v) is 2.61. The molecule has 0 bridgehead atoms. The quantitative estimate of drug-likeness (QED) is 0.769. The van der Waals surface area contributed by atoms with Crippen molar-refractivity contribution in [2.24, 2.45) is 5.92 Å². The molecule has 0 heterocycles. The van der Waals surface area contributed by atoms with Gasteiger partial charge in [0.1, 0.15) is 11.7 Å². The highest BCUT2D eigenvalue weighted by Crippen LogP contribution is 2.27. The van der Waals surface area contributed by atoms with Gasteiger partial charge in [-0.3, -0.25) is 9.59 Å². The predicted molar refractivity (Wildman–Crippen MR) is 62.3 cm³/mol. The van der Waals surface area contributed by atoms with Crippen molar-refractivity contribution in [1.82, 2.24) is 0 Å². The molecule has 0 aliphatic rings. The Morgan fingerprint density at radius 2 is 1.68 bits per heavy atom. The molecule has 0 fully saturated rings. The maximum absolute atomic E-state index is 12.9. The second kappa shape index (κ2) is 6.50. The number of nitrogens with zero attached hydrogens (tertiary/aromatic N) is 1. The molecule has 1 rings (SSSR count). The number of esters is 2. The fraction of sp³-hybridized carbons (Fsp3) is 0.308. The summed E-state index contributed by atoms with van der Waals surface area (Å²) in [6.07, 6.45) is 0. The van der Waals surface area contributed by atoms with Crippen LogP contribution in [0.1, 0.15) is 11.5 Å². The van der Waals surface area contributed by atoms with E-state index in [1.807, 2.05) is 0 Å². The van der Waals surface area contributed by atoms with Gasteiger partial charge in [0.05, 0.1) is 20.3 Å². The number of hydrogen-bond donors (Lipinski definition) is 0. The van der Waals surface area contributed by atoms with Crippen LogP contribution < -0.4 is 0 Å². The zero-order valence-corrected chi connectivity index (χ0v) is 10.4. The number of benzene rings is 1. The van der Waals surface area contributed by atoms with Crippen molar-refractivity contribution in [3.05, 3.63) is 35.6 Å². The molecule has 2 atom stereocenters. The number of nitriles is 1. The minimum absolute atomic E-state index is 0.310. The van der Waals surface area contributed by atoms with E-state index in [0.717, 1.165) is 26.4 Å². The van der Waals surface area contributed by atoms with Gasteiger partial charge in [0.2, 0.25) is 0 Å². The molecule has 0 N–H and O–H groups in total. The van der Waals surface area contributed by atoms with E-state index in [9.17, 15) is 14.0 Å². The monoisotopic (exact) mass is 265 g/mol. The molecule has 0 aliphatic carbocycles. The summed E-state index contributed by atoms with van der Waals surface area (Å²) in [5, 5.41) is 9.03. The largest absolute Gasteiger partial charge is 0.469 e. The van der Waals surface area contributed by atoms with Gasteiger partial charge >= 0.3 is 11.9 Å². The molecule has 0 aromatic heterocycles. The van der Waals surface area contributed by atoms with Crippen LogP contribution >= 0.6 is 0 Å². The minimum Gasteiger partial charge on any atom is -0.469 e. The van der Waals surface area contributed by atoms with Crippen LogP contribution in [-0.2, 0) is 19.1 Å². The highest BCUT2D eigenvalue weighted by atomic mass is 19.1. The van der Waals surface area contributed by atoms with E-state index in [1.54, 1.807) is 6.07 Å². The average molecular weight is 265 g/mol. The molecular weight excluding hydrogens is 253 g/mol. The summed E-state index contributed by atoms with van der Waals surface area (Å²) < 4.78 is 21.9. The lowest BCUT2D eigenvalue weighted by atomic mass is 9.87. The average Bonchev–Trinajstić information content (AvgIpc) is 2.44. The van der Waals surface area contributed by atoms with Gasteiger partial charge in [-0.25, -0.2) is 4.39 Å². The molecule has 0 radical (unpaired) electrons. The maximum atomic E-state index is 12.9. The van der Waals surface area contributed by atoms with Gasteiger partial charge in [-0.2, -0.15) is 5.26 Å². The van der Waals surface area contributed by atoms with Gasteiger partial charge in [0, 0.05) is 0 Å². The lowest BCUT2D eigenvalue weighted by molar-refractivity contribution is -0.152. The Morgan fingerprint density at radius 3 is 2.11 bits per heavy atom. The molecule has 0 saturated carbocycles. The number of halogens is 1. The molecule has 2 unspecified atom stereocenters. The van der Waals surface area contributed by atoms with Crippen molar-refractivity contribution in [2.45, 2.75) is 5.92 Å². The first-order valence-corrected chi connectivity index (χ1v) is 5.35. The third kappa shape index (κ3) is 3.28. The summed E-state index contributed by atoms with van der Waals surface area (Å²) in [7, 11) is 2.26. The first kappa shape index (κ1) is 14.6. The van der Waals surface area contributed by atoms with Gasteiger partial charge in [-0.15, -0.1) is 0 Å². The highest BCUT2D eigenvalue weighted by molar-refractivity contribution is 5.87. The van der Waals surface area contributed by atoms with Gasteiger partial charge in [0.15, 0.2) is 5.92 Å². The number of hydrogen-bond acceptors (Lipinski definition) is 5. The number of carbonyl (C=O) groups is 2. The second-order valence-corrected chi connectivity index (χ2v) is 3.68. The van der Waals surface area contributed by atoms with E-state index >= 15 is 0 Å². The molecule has 0 saturated heterocycles. The lowest BCUT2D eigenvalue weighted by Gasteiger charge is -2.18. The molecular formula is C13H12FNO4. The number of ether oxygens (including phenoxy) is 2. The predicted octanol–water partition coefficient (Wildman–Crippen LogP) is 1.40. The van der Waals surface area contributed by atoms with Crippen LogP contribution in [0.25, 0.3) is 0 Å². The third-order valence-electron chi connectivity index (χ3n) is 2.61. The summed E-state index contributed by atoms with van der Waals surface area (Å²) in [6, 6.07) is 6.63. The maximum Gasteiger partial charge on any atom is 0.324 e. The Labute approximate surface area is 109 Å². The summed E-state index contributed by atoms with van der Waals surface area (Å²) in [5.74, 6) is -4.59. The van der Waals surface area contributed by atoms with Crippen molar-refractivity contribution in [1.29, 1.82) is 5.26 Å². The Balaban J connectivity index is 3.21.